The molecule has 0 aromatic rings. The lowest BCUT2D eigenvalue weighted by Gasteiger charge is -2.36. The molecular formula is C13H22N2O. The maximum absolute atomic E-state index is 9.10. The zero-order valence-corrected chi connectivity index (χ0v) is 10.2. The molecule has 2 rings (SSSR count). The first-order chi connectivity index (χ1) is 7.85. The van der Waals surface area contributed by atoms with Crippen LogP contribution in [0.4, 0.5) is 0 Å². The van der Waals surface area contributed by atoms with Gasteiger partial charge in [-0.25, -0.2) is 0 Å². The molecule has 2 fully saturated rings. The molecule has 1 aliphatic carbocycles. The molecular weight excluding hydrogens is 200 g/mol. The number of hydrogen-bond acceptors (Lipinski definition) is 3. The lowest BCUT2D eigenvalue weighted by Crippen LogP contribution is -2.44. The lowest BCUT2D eigenvalue weighted by atomic mass is 9.99. The molecule has 1 saturated heterocycles. The largest absolute Gasteiger partial charge is 0.378 e. The monoisotopic (exact) mass is 222 g/mol. The first-order valence-electron chi connectivity index (χ1n) is 6.60. The predicted molar refractivity (Wildman–Crippen MR) is 63.0 cm³/mol. The maximum Gasteiger partial charge on any atom is 0.0672 e. The molecule has 16 heavy (non-hydrogen) atoms. The summed E-state index contributed by atoms with van der Waals surface area (Å²) in [6, 6.07) is 3.01. The van der Waals surface area contributed by atoms with Gasteiger partial charge in [-0.15, -0.1) is 0 Å². The van der Waals surface area contributed by atoms with Gasteiger partial charge in [0, 0.05) is 25.7 Å². The van der Waals surface area contributed by atoms with E-state index >= 15 is 0 Å². The highest BCUT2D eigenvalue weighted by molar-refractivity contribution is 4.98. The molecule has 0 bridgehead atoms. The molecule has 0 amide bonds. The van der Waals surface area contributed by atoms with E-state index in [1.807, 2.05) is 0 Å². The number of piperidine rings is 1. The van der Waals surface area contributed by atoms with E-state index in [2.05, 4.69) is 17.9 Å². The standard InChI is InChI=1S/C13H22N2O/c1-2-16-12-6-8-15(9-7-12)13-5-3-4-11(13)10-14/h11-13H,2-9H2,1H3. The van der Waals surface area contributed by atoms with E-state index in [0.717, 1.165) is 39.0 Å². The average Bonchev–Trinajstić information content (AvgIpc) is 2.78. The third kappa shape index (κ3) is 2.56. The Morgan fingerprint density at radius 3 is 2.62 bits per heavy atom. The van der Waals surface area contributed by atoms with E-state index < -0.39 is 0 Å². The Hall–Kier alpha value is -0.590. The molecule has 3 heteroatoms. The minimum Gasteiger partial charge on any atom is -0.378 e. The van der Waals surface area contributed by atoms with Gasteiger partial charge in [0.15, 0.2) is 0 Å². The second-order valence-corrected chi connectivity index (χ2v) is 4.92. The van der Waals surface area contributed by atoms with Crippen LogP contribution >= 0.6 is 0 Å². The quantitative estimate of drug-likeness (QED) is 0.734. The van der Waals surface area contributed by atoms with Gasteiger partial charge >= 0.3 is 0 Å². The van der Waals surface area contributed by atoms with E-state index in [1.54, 1.807) is 0 Å². The van der Waals surface area contributed by atoms with E-state index in [4.69, 9.17) is 10.00 Å². The minimum absolute atomic E-state index is 0.281. The highest BCUT2D eigenvalue weighted by atomic mass is 16.5. The summed E-state index contributed by atoms with van der Waals surface area (Å²) >= 11 is 0. The lowest BCUT2D eigenvalue weighted by molar-refractivity contribution is 0.00187. The predicted octanol–water partition coefficient (Wildman–Crippen LogP) is 2.18. The summed E-state index contributed by atoms with van der Waals surface area (Å²) in [4.78, 5) is 2.52. The maximum atomic E-state index is 9.10. The van der Waals surface area contributed by atoms with Gasteiger partial charge in [0.05, 0.1) is 18.1 Å². The van der Waals surface area contributed by atoms with Gasteiger partial charge < -0.3 is 4.74 Å². The summed E-state index contributed by atoms with van der Waals surface area (Å²) in [6.45, 7) is 5.13. The van der Waals surface area contributed by atoms with Crippen molar-refractivity contribution in [3.05, 3.63) is 0 Å². The van der Waals surface area contributed by atoms with Crippen molar-refractivity contribution >= 4 is 0 Å². The molecule has 2 atom stereocenters. The Bertz CT molecular complexity index is 253. The Morgan fingerprint density at radius 1 is 1.25 bits per heavy atom. The van der Waals surface area contributed by atoms with Gasteiger partial charge in [-0.05, 0) is 32.6 Å². The minimum atomic E-state index is 0.281. The van der Waals surface area contributed by atoms with Gasteiger partial charge in [-0.3, -0.25) is 4.90 Å². The van der Waals surface area contributed by atoms with Crippen LogP contribution in [0.5, 0.6) is 0 Å². The van der Waals surface area contributed by atoms with Crippen LogP contribution in [-0.2, 0) is 4.74 Å². The smallest absolute Gasteiger partial charge is 0.0672 e. The third-order valence-corrected chi connectivity index (χ3v) is 3.99. The highest BCUT2D eigenvalue weighted by Crippen LogP contribution is 2.31. The van der Waals surface area contributed by atoms with Crippen molar-refractivity contribution in [2.45, 2.75) is 51.2 Å². The molecule has 1 heterocycles. The molecule has 90 valence electrons. The Morgan fingerprint density at radius 2 is 2.00 bits per heavy atom. The van der Waals surface area contributed by atoms with Crippen LogP contribution in [-0.4, -0.2) is 36.7 Å². The van der Waals surface area contributed by atoms with Crippen molar-refractivity contribution in [2.75, 3.05) is 19.7 Å². The molecule has 3 nitrogen and oxygen atoms in total. The van der Waals surface area contributed by atoms with E-state index in [0.29, 0.717) is 12.1 Å². The second kappa shape index (κ2) is 5.65. The van der Waals surface area contributed by atoms with Crippen molar-refractivity contribution in [1.29, 1.82) is 5.26 Å². The van der Waals surface area contributed by atoms with Crippen molar-refractivity contribution in [3.8, 4) is 6.07 Å². The number of nitrogens with zero attached hydrogens (tertiary/aromatic N) is 2. The molecule has 2 aliphatic rings. The van der Waals surface area contributed by atoms with E-state index in [-0.39, 0.29) is 5.92 Å². The van der Waals surface area contributed by atoms with Gasteiger partial charge in [0.1, 0.15) is 0 Å². The molecule has 2 unspecified atom stereocenters. The fourth-order valence-corrected chi connectivity index (χ4v) is 3.14. The number of nitriles is 1. The van der Waals surface area contributed by atoms with Gasteiger partial charge in [-0.2, -0.15) is 5.26 Å². The molecule has 0 aromatic heterocycles. The zero-order chi connectivity index (χ0) is 11.4. The van der Waals surface area contributed by atoms with Gasteiger partial charge in [0.2, 0.25) is 0 Å². The van der Waals surface area contributed by atoms with Gasteiger partial charge in [0.25, 0.3) is 0 Å². The van der Waals surface area contributed by atoms with E-state index in [9.17, 15) is 0 Å². The number of ether oxygens (including phenoxy) is 1. The van der Waals surface area contributed by atoms with Crippen molar-refractivity contribution in [3.63, 3.8) is 0 Å². The number of hydrogen-bond donors (Lipinski definition) is 0. The zero-order valence-electron chi connectivity index (χ0n) is 10.2. The summed E-state index contributed by atoms with van der Waals surface area (Å²) in [6.07, 6.45) is 6.30. The summed E-state index contributed by atoms with van der Waals surface area (Å²) in [7, 11) is 0. The highest BCUT2D eigenvalue weighted by Gasteiger charge is 2.34. The molecule has 0 aromatic carbocycles. The Balaban J connectivity index is 1.82. The van der Waals surface area contributed by atoms with Crippen molar-refractivity contribution < 1.29 is 4.74 Å². The van der Waals surface area contributed by atoms with Crippen molar-refractivity contribution in [1.82, 2.24) is 4.90 Å². The van der Waals surface area contributed by atoms with Crippen molar-refractivity contribution in [2.24, 2.45) is 5.92 Å². The topological polar surface area (TPSA) is 36.3 Å². The fourth-order valence-electron chi connectivity index (χ4n) is 3.14. The van der Waals surface area contributed by atoms with Crippen LogP contribution in [0.15, 0.2) is 0 Å². The number of rotatable bonds is 3. The third-order valence-electron chi connectivity index (χ3n) is 3.99. The van der Waals surface area contributed by atoms with E-state index in [1.165, 1.54) is 12.8 Å². The summed E-state index contributed by atoms with van der Waals surface area (Å²) in [5, 5.41) is 9.10. The summed E-state index contributed by atoms with van der Waals surface area (Å²) in [5.74, 6) is 0.281. The van der Waals surface area contributed by atoms with Crippen LogP contribution in [0, 0.1) is 17.2 Å². The second-order valence-electron chi connectivity index (χ2n) is 4.92. The van der Waals surface area contributed by atoms with Crippen LogP contribution in [0.3, 0.4) is 0 Å². The Kier molecular flexibility index (Phi) is 4.20. The fraction of sp³-hybridized carbons (Fsp3) is 0.923. The first-order valence-corrected chi connectivity index (χ1v) is 6.60. The van der Waals surface area contributed by atoms with Crippen LogP contribution in [0.1, 0.15) is 39.0 Å². The summed E-state index contributed by atoms with van der Waals surface area (Å²) < 4.78 is 5.66. The molecule has 0 N–H and O–H groups in total. The average molecular weight is 222 g/mol. The molecule has 0 spiro atoms. The first kappa shape index (κ1) is 11.9. The normalized spacial score (nSPS) is 32.8. The van der Waals surface area contributed by atoms with Crippen LogP contribution < -0.4 is 0 Å². The van der Waals surface area contributed by atoms with Crippen LogP contribution in [0.25, 0.3) is 0 Å². The number of likely N-dealkylation sites (tertiary alicyclic amines) is 1. The summed E-state index contributed by atoms with van der Waals surface area (Å²) in [5.41, 5.74) is 0. The SMILES string of the molecule is CCOC1CCN(C2CCCC2C#N)CC1. The Labute approximate surface area is 98.4 Å². The van der Waals surface area contributed by atoms with Gasteiger partial charge in [-0.1, -0.05) is 6.42 Å². The molecule has 0 radical (unpaired) electrons. The van der Waals surface area contributed by atoms with Crippen LogP contribution in [0.2, 0.25) is 0 Å². The molecule has 1 saturated carbocycles. The molecule has 1 aliphatic heterocycles.